The summed E-state index contributed by atoms with van der Waals surface area (Å²) in [5.74, 6) is 0.158. The molecule has 10 heteroatoms. The fourth-order valence-electron chi connectivity index (χ4n) is 5.23. The second-order valence-corrected chi connectivity index (χ2v) is 11.1. The van der Waals surface area contributed by atoms with Crippen molar-refractivity contribution in [2.75, 3.05) is 19.1 Å². The van der Waals surface area contributed by atoms with Crippen molar-refractivity contribution in [3.63, 3.8) is 0 Å². The number of amides is 1. The second-order valence-electron chi connectivity index (χ2n) is 10.1. The number of esters is 1. The topological polar surface area (TPSA) is 99.4 Å². The van der Waals surface area contributed by atoms with Gasteiger partial charge in [0.2, 0.25) is 0 Å². The molecule has 9 nitrogen and oxygen atoms in total. The van der Waals surface area contributed by atoms with E-state index in [1.807, 2.05) is 38.1 Å². The Labute approximate surface area is 235 Å². The summed E-state index contributed by atoms with van der Waals surface area (Å²) in [5.41, 5.74) is 2.52. The normalized spacial score (nSPS) is 17.7. The Balaban J connectivity index is 1.86. The predicted molar refractivity (Wildman–Crippen MR) is 153 cm³/mol. The minimum atomic E-state index is -0.921. The second kappa shape index (κ2) is 10.4. The number of para-hydroxylation sites is 1. The van der Waals surface area contributed by atoms with E-state index in [1.54, 1.807) is 43.9 Å². The third-order valence-electron chi connectivity index (χ3n) is 6.90. The summed E-state index contributed by atoms with van der Waals surface area (Å²) in [6.45, 7) is 9.10. The Morgan fingerprint density at radius 1 is 1.02 bits per heavy atom. The molecule has 3 heterocycles. The molecule has 3 aromatic rings. The summed E-state index contributed by atoms with van der Waals surface area (Å²) in [4.78, 5) is 48.3. The van der Waals surface area contributed by atoms with Crippen molar-refractivity contribution in [3.8, 4) is 11.5 Å². The number of methoxy groups -OCH3 is 2. The number of benzene rings is 2. The Morgan fingerprint density at radius 3 is 2.40 bits per heavy atom. The van der Waals surface area contributed by atoms with E-state index in [2.05, 4.69) is 4.99 Å². The lowest BCUT2D eigenvalue weighted by Crippen LogP contribution is -2.41. The van der Waals surface area contributed by atoms with E-state index in [0.717, 1.165) is 17.0 Å². The van der Waals surface area contributed by atoms with Crippen molar-refractivity contribution in [2.24, 2.45) is 4.99 Å². The smallest absolute Gasteiger partial charge is 0.338 e. The van der Waals surface area contributed by atoms with Crippen LogP contribution in [-0.4, -0.2) is 42.8 Å². The zero-order valence-electron chi connectivity index (χ0n) is 23.5. The number of anilines is 1. The van der Waals surface area contributed by atoms with Crippen molar-refractivity contribution in [2.45, 2.75) is 52.8 Å². The number of fused-ring (bicyclic) bond motifs is 2. The Morgan fingerprint density at radius 2 is 1.75 bits per heavy atom. The minimum absolute atomic E-state index is 0.108. The van der Waals surface area contributed by atoms with Crippen LogP contribution in [0, 0.1) is 0 Å². The van der Waals surface area contributed by atoms with Crippen LogP contribution >= 0.6 is 11.3 Å². The molecule has 0 N–H and O–H groups in total. The van der Waals surface area contributed by atoms with Gasteiger partial charge in [0.1, 0.15) is 22.1 Å². The molecule has 1 amide bonds. The standard InChI is InChI=1S/C30H31N3O6S/c1-15(2)32-21-11-9-8-10-19(21)24(27(32)34)26-28(35)33-25(20-14-18(37-6)12-13-22(20)38-7)23(29(36)39-16(3)4)17(5)31-30(33)40-26/h8-16,25H,1-7H3/b26-24-/t25-/m0/s1. The van der Waals surface area contributed by atoms with Gasteiger partial charge >= 0.3 is 5.97 Å². The van der Waals surface area contributed by atoms with Crippen LogP contribution < -0.4 is 29.3 Å². The first-order chi connectivity index (χ1) is 19.1. The highest BCUT2D eigenvalue weighted by Gasteiger charge is 2.39. The van der Waals surface area contributed by atoms with Gasteiger partial charge < -0.3 is 19.1 Å². The Hall–Kier alpha value is -4.18. The van der Waals surface area contributed by atoms with E-state index in [9.17, 15) is 14.4 Å². The van der Waals surface area contributed by atoms with E-state index < -0.39 is 17.6 Å². The first-order valence-electron chi connectivity index (χ1n) is 13.0. The predicted octanol–water partition coefficient (Wildman–Crippen LogP) is 3.33. The molecule has 0 saturated carbocycles. The Bertz CT molecular complexity index is 1750. The highest BCUT2D eigenvalue weighted by atomic mass is 32.1. The number of carbonyl (C=O) groups excluding carboxylic acids is 2. The van der Waals surface area contributed by atoms with Crippen LogP contribution in [0.2, 0.25) is 0 Å². The molecule has 2 aromatic carbocycles. The molecule has 0 aliphatic carbocycles. The monoisotopic (exact) mass is 561 g/mol. The molecular weight excluding hydrogens is 530 g/mol. The maximum absolute atomic E-state index is 14.3. The zero-order chi connectivity index (χ0) is 28.9. The molecule has 40 heavy (non-hydrogen) atoms. The van der Waals surface area contributed by atoms with Gasteiger partial charge in [-0.15, -0.1) is 0 Å². The molecule has 0 bridgehead atoms. The number of aromatic nitrogens is 1. The number of nitrogens with zero attached hydrogens (tertiary/aromatic N) is 3. The van der Waals surface area contributed by atoms with Crippen LogP contribution in [0.3, 0.4) is 0 Å². The summed E-state index contributed by atoms with van der Waals surface area (Å²) in [6.07, 6.45) is -0.387. The summed E-state index contributed by atoms with van der Waals surface area (Å²) in [7, 11) is 3.06. The first kappa shape index (κ1) is 27.4. The van der Waals surface area contributed by atoms with Crippen LogP contribution in [0.5, 0.6) is 11.5 Å². The van der Waals surface area contributed by atoms with Gasteiger partial charge in [-0.25, -0.2) is 9.79 Å². The van der Waals surface area contributed by atoms with Crippen LogP contribution in [-0.2, 0) is 14.3 Å². The van der Waals surface area contributed by atoms with Gasteiger partial charge in [0.05, 0.1) is 42.9 Å². The van der Waals surface area contributed by atoms with Crippen molar-refractivity contribution in [3.05, 3.63) is 84.5 Å². The number of hydrogen-bond donors (Lipinski definition) is 0. The summed E-state index contributed by atoms with van der Waals surface area (Å²) >= 11 is 1.13. The number of thiazole rings is 1. The van der Waals surface area contributed by atoms with Crippen LogP contribution in [0.1, 0.15) is 51.8 Å². The van der Waals surface area contributed by atoms with Crippen LogP contribution in [0.15, 0.2) is 63.5 Å². The molecule has 5 rings (SSSR count). The minimum Gasteiger partial charge on any atom is -0.497 e. The van der Waals surface area contributed by atoms with E-state index in [4.69, 9.17) is 14.2 Å². The fraction of sp³-hybridized carbons (Fsp3) is 0.333. The fourth-order valence-corrected chi connectivity index (χ4v) is 6.37. The molecule has 0 fully saturated rings. The van der Waals surface area contributed by atoms with Gasteiger partial charge in [-0.2, -0.15) is 0 Å². The molecule has 1 aromatic heterocycles. The third-order valence-corrected chi connectivity index (χ3v) is 7.95. The van der Waals surface area contributed by atoms with Crippen LogP contribution in [0.4, 0.5) is 5.69 Å². The molecule has 2 aliphatic heterocycles. The molecule has 0 spiro atoms. The number of rotatable bonds is 6. The lowest BCUT2D eigenvalue weighted by Gasteiger charge is -2.26. The summed E-state index contributed by atoms with van der Waals surface area (Å²) in [5, 5.41) is 0. The van der Waals surface area contributed by atoms with E-state index in [1.165, 1.54) is 18.8 Å². The van der Waals surface area contributed by atoms with Crippen molar-refractivity contribution < 1.29 is 23.8 Å². The average molecular weight is 562 g/mol. The van der Waals surface area contributed by atoms with Gasteiger partial charge in [-0.3, -0.25) is 14.2 Å². The van der Waals surface area contributed by atoms with Crippen molar-refractivity contribution in [1.82, 2.24) is 4.57 Å². The number of ether oxygens (including phenoxy) is 3. The highest BCUT2D eigenvalue weighted by Crippen LogP contribution is 2.39. The zero-order valence-corrected chi connectivity index (χ0v) is 24.3. The number of allylic oxidation sites excluding steroid dienone is 1. The summed E-state index contributed by atoms with van der Waals surface area (Å²) < 4.78 is 18.5. The van der Waals surface area contributed by atoms with E-state index in [0.29, 0.717) is 38.7 Å². The molecule has 1 atom stereocenters. The van der Waals surface area contributed by atoms with Gasteiger partial charge in [-0.1, -0.05) is 29.5 Å². The lowest BCUT2D eigenvalue weighted by atomic mass is 9.94. The van der Waals surface area contributed by atoms with Gasteiger partial charge in [0.25, 0.3) is 11.5 Å². The molecule has 0 radical (unpaired) electrons. The molecule has 208 valence electrons. The first-order valence-corrected chi connectivity index (χ1v) is 13.8. The quantitative estimate of drug-likeness (QED) is 0.428. The third kappa shape index (κ3) is 4.32. The van der Waals surface area contributed by atoms with Gasteiger partial charge in [-0.05, 0) is 58.9 Å². The maximum Gasteiger partial charge on any atom is 0.338 e. The lowest BCUT2D eigenvalue weighted by molar-refractivity contribution is -0.143. The largest absolute Gasteiger partial charge is 0.497 e. The van der Waals surface area contributed by atoms with E-state index in [-0.39, 0.29) is 28.2 Å². The van der Waals surface area contributed by atoms with Gasteiger partial charge in [0.15, 0.2) is 4.80 Å². The SMILES string of the molecule is COc1ccc(OC)c([C@H]2C(C(=O)OC(C)C)=C(C)N=c3s/c(=C4\C(=O)N(C(C)C)c5ccccc54)c(=O)n32)c1. The highest BCUT2D eigenvalue weighted by molar-refractivity contribution is 7.07. The molecule has 2 aliphatic rings. The average Bonchev–Trinajstić information content (AvgIpc) is 3.39. The Kier molecular flexibility index (Phi) is 7.14. The molecular formula is C30H31N3O6S. The molecule has 0 saturated heterocycles. The van der Waals surface area contributed by atoms with Crippen molar-refractivity contribution >= 4 is 34.5 Å². The number of hydrogen-bond acceptors (Lipinski definition) is 8. The molecule has 0 unspecified atom stereocenters. The summed E-state index contributed by atoms with van der Waals surface area (Å²) in [6, 6.07) is 11.6. The number of carbonyl (C=O) groups is 2. The van der Waals surface area contributed by atoms with Crippen molar-refractivity contribution in [1.29, 1.82) is 0 Å². The maximum atomic E-state index is 14.3. The van der Waals surface area contributed by atoms with Gasteiger partial charge in [0, 0.05) is 17.2 Å². The van der Waals surface area contributed by atoms with E-state index >= 15 is 0 Å². The van der Waals surface area contributed by atoms with Crippen LogP contribution in [0.25, 0.3) is 5.57 Å².